The molecule has 0 aliphatic carbocycles. The van der Waals surface area contributed by atoms with Crippen LogP contribution in [0.25, 0.3) is 0 Å². The monoisotopic (exact) mass is 194 g/mol. The minimum atomic E-state index is -0.470. The van der Waals surface area contributed by atoms with E-state index in [-0.39, 0.29) is 0 Å². The first-order valence-electron chi connectivity index (χ1n) is 4.27. The first-order chi connectivity index (χ1) is 6.60. The first kappa shape index (κ1) is 10.3. The number of hydrogen-bond donors (Lipinski definition) is 3. The van der Waals surface area contributed by atoms with Crippen LogP contribution in [-0.4, -0.2) is 25.0 Å². The van der Waals surface area contributed by atoms with Gasteiger partial charge in [0.1, 0.15) is 11.6 Å². The van der Waals surface area contributed by atoms with Crippen molar-refractivity contribution >= 4 is 17.5 Å². The van der Waals surface area contributed by atoms with Crippen LogP contribution < -0.4 is 16.4 Å². The standard InChI is InChI=1S/C9H14N4O/c1-5-4-6(11-2)13-9(12-3)7(5)8(10)14/h4H,1-3H3,(H2,10,14)(H2,11,12,13). The maximum absolute atomic E-state index is 11.1. The number of rotatable bonds is 3. The number of primary amides is 1. The number of amides is 1. The van der Waals surface area contributed by atoms with Gasteiger partial charge in [-0.25, -0.2) is 4.98 Å². The highest BCUT2D eigenvalue weighted by atomic mass is 16.1. The molecule has 76 valence electrons. The fourth-order valence-corrected chi connectivity index (χ4v) is 1.29. The predicted molar refractivity (Wildman–Crippen MR) is 56.6 cm³/mol. The second-order valence-corrected chi connectivity index (χ2v) is 2.91. The SMILES string of the molecule is CNc1cc(C)c(C(N)=O)c(NC)n1. The van der Waals surface area contributed by atoms with Crippen LogP contribution >= 0.6 is 0 Å². The third-order valence-electron chi connectivity index (χ3n) is 1.96. The molecule has 0 aliphatic rings. The minimum Gasteiger partial charge on any atom is -0.373 e. The van der Waals surface area contributed by atoms with Gasteiger partial charge < -0.3 is 16.4 Å². The lowest BCUT2D eigenvalue weighted by molar-refractivity contribution is 0.100. The number of hydrogen-bond acceptors (Lipinski definition) is 4. The van der Waals surface area contributed by atoms with E-state index in [9.17, 15) is 4.79 Å². The van der Waals surface area contributed by atoms with Gasteiger partial charge in [0.25, 0.3) is 5.91 Å². The summed E-state index contributed by atoms with van der Waals surface area (Å²) >= 11 is 0. The number of nitrogens with zero attached hydrogens (tertiary/aromatic N) is 1. The molecule has 0 saturated carbocycles. The summed E-state index contributed by atoms with van der Waals surface area (Å²) in [5.74, 6) is 0.737. The Bertz CT molecular complexity index is 362. The van der Waals surface area contributed by atoms with Gasteiger partial charge in [0, 0.05) is 14.1 Å². The molecule has 14 heavy (non-hydrogen) atoms. The molecule has 0 unspecified atom stereocenters. The molecule has 0 atom stereocenters. The predicted octanol–water partition coefficient (Wildman–Crippen LogP) is 0.572. The van der Waals surface area contributed by atoms with E-state index in [1.54, 1.807) is 20.2 Å². The average molecular weight is 194 g/mol. The highest BCUT2D eigenvalue weighted by molar-refractivity contribution is 5.99. The third kappa shape index (κ3) is 1.76. The van der Waals surface area contributed by atoms with Gasteiger partial charge in [-0.05, 0) is 18.6 Å². The molecule has 1 heterocycles. The molecule has 5 nitrogen and oxygen atoms in total. The Morgan fingerprint density at radius 1 is 1.43 bits per heavy atom. The third-order valence-corrected chi connectivity index (χ3v) is 1.96. The van der Waals surface area contributed by atoms with Crippen molar-refractivity contribution in [3.05, 3.63) is 17.2 Å². The lowest BCUT2D eigenvalue weighted by Gasteiger charge is -2.10. The van der Waals surface area contributed by atoms with Crippen LogP contribution in [0.5, 0.6) is 0 Å². The number of nitrogens with one attached hydrogen (secondary N) is 2. The molecule has 0 radical (unpaired) electrons. The van der Waals surface area contributed by atoms with Crippen molar-refractivity contribution < 1.29 is 4.79 Å². The van der Waals surface area contributed by atoms with Crippen molar-refractivity contribution in [3.63, 3.8) is 0 Å². The van der Waals surface area contributed by atoms with Crippen LogP contribution in [0.3, 0.4) is 0 Å². The van der Waals surface area contributed by atoms with Crippen LogP contribution in [0, 0.1) is 6.92 Å². The van der Waals surface area contributed by atoms with E-state index in [0.29, 0.717) is 17.2 Å². The quantitative estimate of drug-likeness (QED) is 0.657. The topological polar surface area (TPSA) is 80.0 Å². The Kier molecular flexibility index (Phi) is 2.91. The molecule has 4 N–H and O–H groups in total. The fraction of sp³-hybridized carbons (Fsp3) is 0.333. The summed E-state index contributed by atoms with van der Waals surface area (Å²) in [5, 5.41) is 5.75. The Hall–Kier alpha value is -1.78. The number of aryl methyl sites for hydroxylation is 1. The molecule has 1 amide bonds. The van der Waals surface area contributed by atoms with Gasteiger partial charge in [0.2, 0.25) is 0 Å². The lowest BCUT2D eigenvalue weighted by Crippen LogP contribution is -2.16. The molecule has 0 saturated heterocycles. The maximum atomic E-state index is 11.1. The number of anilines is 2. The van der Waals surface area contributed by atoms with Crippen molar-refractivity contribution in [1.29, 1.82) is 0 Å². The second kappa shape index (κ2) is 3.95. The molecular weight excluding hydrogens is 180 g/mol. The van der Waals surface area contributed by atoms with E-state index in [0.717, 1.165) is 5.56 Å². The number of nitrogens with two attached hydrogens (primary N) is 1. The van der Waals surface area contributed by atoms with Gasteiger partial charge >= 0.3 is 0 Å². The summed E-state index contributed by atoms with van der Waals surface area (Å²) in [6, 6.07) is 1.78. The zero-order valence-corrected chi connectivity index (χ0v) is 8.51. The molecule has 1 aromatic rings. The Labute approximate surface area is 82.7 Å². The summed E-state index contributed by atoms with van der Waals surface area (Å²) < 4.78 is 0. The molecule has 1 rings (SSSR count). The van der Waals surface area contributed by atoms with Crippen molar-refractivity contribution in [2.24, 2.45) is 5.73 Å². The summed E-state index contributed by atoms with van der Waals surface area (Å²) in [6.45, 7) is 1.82. The fourth-order valence-electron chi connectivity index (χ4n) is 1.29. The molecular formula is C9H14N4O. The summed E-state index contributed by atoms with van der Waals surface area (Å²) in [6.07, 6.45) is 0. The lowest BCUT2D eigenvalue weighted by atomic mass is 10.1. The van der Waals surface area contributed by atoms with E-state index in [4.69, 9.17) is 5.73 Å². The Morgan fingerprint density at radius 2 is 2.07 bits per heavy atom. The van der Waals surface area contributed by atoms with Crippen LogP contribution in [-0.2, 0) is 0 Å². The number of aromatic nitrogens is 1. The Morgan fingerprint density at radius 3 is 2.50 bits per heavy atom. The number of carbonyl (C=O) groups excluding carboxylic acids is 1. The van der Waals surface area contributed by atoms with Crippen LogP contribution in [0.2, 0.25) is 0 Å². The van der Waals surface area contributed by atoms with Crippen molar-refractivity contribution in [2.75, 3.05) is 24.7 Å². The van der Waals surface area contributed by atoms with Crippen LogP contribution in [0.1, 0.15) is 15.9 Å². The highest BCUT2D eigenvalue weighted by Crippen LogP contribution is 2.19. The molecule has 1 aromatic heterocycles. The largest absolute Gasteiger partial charge is 0.373 e. The van der Waals surface area contributed by atoms with E-state index in [1.165, 1.54) is 0 Å². The highest BCUT2D eigenvalue weighted by Gasteiger charge is 2.13. The van der Waals surface area contributed by atoms with E-state index < -0.39 is 5.91 Å². The van der Waals surface area contributed by atoms with Gasteiger partial charge in [0.05, 0.1) is 5.56 Å². The summed E-state index contributed by atoms with van der Waals surface area (Å²) in [5.41, 5.74) is 6.49. The molecule has 0 aromatic carbocycles. The van der Waals surface area contributed by atoms with E-state index >= 15 is 0 Å². The van der Waals surface area contributed by atoms with Gasteiger partial charge in [-0.15, -0.1) is 0 Å². The maximum Gasteiger partial charge on any atom is 0.252 e. The van der Waals surface area contributed by atoms with Gasteiger partial charge in [-0.2, -0.15) is 0 Å². The minimum absolute atomic E-state index is 0.437. The van der Waals surface area contributed by atoms with Gasteiger partial charge in [-0.1, -0.05) is 0 Å². The molecule has 5 heteroatoms. The Balaban J connectivity index is 3.34. The first-order valence-corrected chi connectivity index (χ1v) is 4.27. The summed E-state index contributed by atoms with van der Waals surface area (Å²) in [7, 11) is 3.47. The summed E-state index contributed by atoms with van der Waals surface area (Å²) in [4.78, 5) is 15.3. The normalized spacial score (nSPS) is 9.64. The number of carbonyl (C=O) groups is 1. The van der Waals surface area contributed by atoms with Crippen molar-refractivity contribution in [2.45, 2.75) is 6.92 Å². The van der Waals surface area contributed by atoms with Gasteiger partial charge in [-0.3, -0.25) is 4.79 Å². The second-order valence-electron chi connectivity index (χ2n) is 2.91. The number of pyridine rings is 1. The van der Waals surface area contributed by atoms with Crippen LogP contribution in [0.15, 0.2) is 6.07 Å². The van der Waals surface area contributed by atoms with E-state index in [2.05, 4.69) is 15.6 Å². The van der Waals surface area contributed by atoms with Crippen molar-refractivity contribution in [1.82, 2.24) is 4.98 Å². The smallest absolute Gasteiger partial charge is 0.252 e. The molecule has 0 aliphatic heterocycles. The van der Waals surface area contributed by atoms with Crippen LogP contribution in [0.4, 0.5) is 11.6 Å². The zero-order chi connectivity index (χ0) is 10.7. The van der Waals surface area contributed by atoms with Gasteiger partial charge in [0.15, 0.2) is 0 Å². The molecule has 0 bridgehead atoms. The van der Waals surface area contributed by atoms with E-state index in [1.807, 2.05) is 6.92 Å². The average Bonchev–Trinajstić information content (AvgIpc) is 2.15. The zero-order valence-electron chi connectivity index (χ0n) is 8.51. The van der Waals surface area contributed by atoms with Crippen molar-refractivity contribution in [3.8, 4) is 0 Å². The molecule has 0 spiro atoms. The molecule has 0 fully saturated rings.